The van der Waals surface area contributed by atoms with Gasteiger partial charge in [-0.2, -0.15) is 0 Å². The third-order valence-electron chi connectivity index (χ3n) is 7.36. The maximum atomic E-state index is 13.8. The second-order valence-corrected chi connectivity index (χ2v) is 10.4. The van der Waals surface area contributed by atoms with Crippen LogP contribution in [-0.2, 0) is 16.1 Å². The molecule has 202 valence electrons. The largest absolute Gasteiger partial charge is 0.332 e. The summed E-state index contributed by atoms with van der Waals surface area (Å²) in [6.45, 7) is 1.32. The number of fused-ring (bicyclic) bond motifs is 4. The normalized spacial score (nSPS) is 14.3. The Labute approximate surface area is 240 Å². The monoisotopic (exact) mass is 560 g/mol. The summed E-state index contributed by atoms with van der Waals surface area (Å²) >= 11 is 6.15. The molecule has 41 heavy (non-hydrogen) atoms. The highest BCUT2D eigenvalue weighted by atomic mass is 35.5. The summed E-state index contributed by atoms with van der Waals surface area (Å²) in [6.07, 6.45) is 4.15. The van der Waals surface area contributed by atoms with Crippen LogP contribution in [0.4, 0.5) is 5.69 Å². The molecule has 0 saturated carbocycles. The van der Waals surface area contributed by atoms with Gasteiger partial charge in [-0.05, 0) is 88.2 Å². The highest BCUT2D eigenvalue weighted by Gasteiger charge is 2.23. The number of carbonyl (C=O) groups excluding carboxylic acids is 3. The van der Waals surface area contributed by atoms with Gasteiger partial charge in [0.15, 0.2) is 5.78 Å². The number of amides is 1. The van der Waals surface area contributed by atoms with Crippen molar-refractivity contribution in [3.63, 3.8) is 0 Å². The molecule has 0 spiro atoms. The van der Waals surface area contributed by atoms with Gasteiger partial charge in [-0.1, -0.05) is 65.3 Å². The number of nitrogens with zero attached hydrogens (tertiary/aromatic N) is 1. The first-order valence-electron chi connectivity index (χ1n) is 13.3. The van der Waals surface area contributed by atoms with Gasteiger partial charge in [-0.3, -0.25) is 9.59 Å². The lowest BCUT2D eigenvalue weighted by Crippen LogP contribution is -2.28. The second-order valence-electron chi connectivity index (χ2n) is 9.98. The molecule has 1 amide bonds. The molecule has 1 N–H and O–H groups in total. The Hall–Kier alpha value is -4.81. The number of oxime groups is 1. The van der Waals surface area contributed by atoms with Gasteiger partial charge >= 0.3 is 5.97 Å². The Bertz CT molecular complexity index is 2000. The van der Waals surface area contributed by atoms with E-state index in [1.807, 2.05) is 36.4 Å². The quantitative estimate of drug-likeness (QED) is 0.204. The van der Waals surface area contributed by atoms with Gasteiger partial charge in [-0.15, -0.1) is 0 Å². The zero-order valence-corrected chi connectivity index (χ0v) is 23.0. The first-order chi connectivity index (χ1) is 19.9. The molecule has 4 aromatic rings. The third kappa shape index (κ3) is 5.10. The predicted octanol–water partition coefficient (Wildman–Crippen LogP) is 5.31. The minimum atomic E-state index is -0.495. The van der Waals surface area contributed by atoms with Crippen molar-refractivity contribution in [1.29, 1.82) is 0 Å². The van der Waals surface area contributed by atoms with Crippen LogP contribution in [-0.4, -0.2) is 23.4 Å². The fraction of sp³-hybridized carbons (Fsp3) is 0.118. The number of nitrogens with one attached hydrogen (secondary N) is 1. The Morgan fingerprint density at radius 3 is 2.34 bits per heavy atom. The van der Waals surface area contributed by atoms with Crippen LogP contribution >= 0.6 is 11.6 Å². The summed E-state index contributed by atoms with van der Waals surface area (Å²) in [6, 6.07) is 25.8. The Morgan fingerprint density at radius 2 is 1.56 bits per heavy atom. The molecule has 6 rings (SSSR count). The fourth-order valence-electron chi connectivity index (χ4n) is 5.52. The van der Waals surface area contributed by atoms with Crippen molar-refractivity contribution in [2.45, 2.75) is 26.2 Å². The number of benzene rings is 4. The number of halogens is 1. The molecular formula is C34H25ClN2O4. The lowest BCUT2D eigenvalue weighted by atomic mass is 9.83. The molecule has 0 saturated heterocycles. The fourth-order valence-corrected chi connectivity index (χ4v) is 5.74. The average molecular weight is 561 g/mol. The van der Waals surface area contributed by atoms with E-state index in [0.29, 0.717) is 34.0 Å². The van der Waals surface area contributed by atoms with E-state index in [9.17, 15) is 14.4 Å². The Kier molecular flexibility index (Phi) is 7.08. The van der Waals surface area contributed by atoms with Gasteiger partial charge in [0.05, 0.1) is 10.6 Å². The molecule has 2 aliphatic rings. The Morgan fingerprint density at radius 1 is 0.829 bits per heavy atom. The number of ketones is 1. The summed E-state index contributed by atoms with van der Waals surface area (Å²) in [5.74, 6) is -0.877. The van der Waals surface area contributed by atoms with Crippen LogP contribution in [0, 0.1) is 10.4 Å². The van der Waals surface area contributed by atoms with Gasteiger partial charge in [0.25, 0.3) is 5.91 Å². The van der Waals surface area contributed by atoms with Crippen molar-refractivity contribution in [3.05, 3.63) is 133 Å². The SMILES string of the molecule is CC(=O)ON=C1C=c2ccccc2=c2ccc3c(c21)CCCC=3C(=O)c1ccc(NC(=O)c2ccccc2Cl)cc1. The third-order valence-corrected chi connectivity index (χ3v) is 7.69. The molecular weight excluding hydrogens is 536 g/mol. The molecule has 2 aliphatic carbocycles. The topological polar surface area (TPSA) is 84.8 Å². The first kappa shape index (κ1) is 26.4. The van der Waals surface area contributed by atoms with E-state index in [1.165, 1.54) is 6.92 Å². The van der Waals surface area contributed by atoms with Crippen LogP contribution in [0.15, 0.2) is 90.1 Å². The van der Waals surface area contributed by atoms with Crippen molar-refractivity contribution in [2.75, 3.05) is 5.32 Å². The summed E-state index contributed by atoms with van der Waals surface area (Å²) in [7, 11) is 0. The van der Waals surface area contributed by atoms with E-state index in [1.54, 1.807) is 48.5 Å². The standard InChI is InChI=1S/C34H25ClN2O4/c1-20(38)41-37-31-19-22-7-2-3-8-24(22)27-18-17-25-26(32(27)31)10-6-11-28(25)33(39)21-13-15-23(16-14-21)36-34(40)29-9-4-5-12-30(29)35/h2-5,7-9,12-19H,6,10-11H2,1H3,(H,36,40). The lowest BCUT2D eigenvalue weighted by Gasteiger charge is -2.20. The maximum absolute atomic E-state index is 13.8. The van der Waals surface area contributed by atoms with Crippen LogP contribution in [0.5, 0.6) is 0 Å². The smallest absolute Gasteiger partial charge is 0.322 e. The van der Waals surface area contributed by atoms with Gasteiger partial charge in [0.1, 0.15) is 5.71 Å². The molecule has 0 unspecified atom stereocenters. The molecule has 7 heteroatoms. The van der Waals surface area contributed by atoms with Gasteiger partial charge in [-0.25, -0.2) is 4.79 Å². The molecule has 0 atom stereocenters. The highest BCUT2D eigenvalue weighted by molar-refractivity contribution is 6.34. The van der Waals surface area contributed by atoms with Gasteiger partial charge < -0.3 is 10.2 Å². The minimum absolute atomic E-state index is 0.0615. The molecule has 0 bridgehead atoms. The molecule has 0 aliphatic heterocycles. The minimum Gasteiger partial charge on any atom is -0.322 e. The first-order valence-corrected chi connectivity index (χ1v) is 13.7. The van der Waals surface area contributed by atoms with Gasteiger partial charge in [0, 0.05) is 29.3 Å². The van der Waals surface area contributed by atoms with E-state index in [-0.39, 0.29) is 11.7 Å². The zero-order chi connectivity index (χ0) is 28.5. The van der Waals surface area contributed by atoms with E-state index in [0.717, 1.165) is 50.4 Å². The number of carbonyl (C=O) groups is 3. The Balaban J connectivity index is 1.40. The molecule has 6 nitrogen and oxygen atoms in total. The number of Topliss-reactive ketones (excluding diaryl/α,β-unsaturated/α-hetero) is 1. The van der Waals surface area contributed by atoms with E-state index < -0.39 is 5.97 Å². The highest BCUT2D eigenvalue weighted by Crippen LogP contribution is 2.25. The van der Waals surface area contributed by atoms with Crippen molar-refractivity contribution in [1.82, 2.24) is 0 Å². The van der Waals surface area contributed by atoms with Crippen molar-refractivity contribution >= 4 is 52.3 Å². The average Bonchev–Trinajstić information content (AvgIpc) is 2.99. The summed E-state index contributed by atoms with van der Waals surface area (Å²) < 4.78 is 0. The van der Waals surface area contributed by atoms with Crippen molar-refractivity contribution in [3.8, 4) is 0 Å². The number of rotatable bonds is 5. The van der Waals surface area contributed by atoms with Crippen LogP contribution < -0.4 is 15.8 Å². The summed E-state index contributed by atoms with van der Waals surface area (Å²) in [5, 5.41) is 11.3. The number of hydrogen-bond acceptors (Lipinski definition) is 5. The number of hydrogen-bond donors (Lipinski definition) is 1. The number of anilines is 1. The molecule has 0 heterocycles. The molecule has 4 aromatic carbocycles. The second kappa shape index (κ2) is 11.0. The van der Waals surface area contributed by atoms with Crippen LogP contribution in [0.25, 0.3) is 11.6 Å². The van der Waals surface area contributed by atoms with Crippen LogP contribution in [0.2, 0.25) is 5.02 Å². The maximum Gasteiger partial charge on any atom is 0.332 e. The van der Waals surface area contributed by atoms with E-state index in [4.69, 9.17) is 16.4 Å². The lowest BCUT2D eigenvalue weighted by molar-refractivity contribution is -0.140. The summed E-state index contributed by atoms with van der Waals surface area (Å²) in [5.41, 5.74) is 4.69. The van der Waals surface area contributed by atoms with Crippen LogP contribution in [0.3, 0.4) is 0 Å². The van der Waals surface area contributed by atoms with Crippen LogP contribution in [0.1, 0.15) is 51.6 Å². The molecule has 0 radical (unpaired) electrons. The van der Waals surface area contributed by atoms with E-state index in [2.05, 4.69) is 16.5 Å². The predicted molar refractivity (Wildman–Crippen MR) is 159 cm³/mol. The van der Waals surface area contributed by atoms with Crippen molar-refractivity contribution < 1.29 is 19.2 Å². The van der Waals surface area contributed by atoms with Crippen molar-refractivity contribution in [2.24, 2.45) is 5.16 Å². The van der Waals surface area contributed by atoms with Gasteiger partial charge in [0.2, 0.25) is 0 Å². The molecule has 0 fully saturated rings. The van der Waals surface area contributed by atoms with E-state index >= 15 is 0 Å². The zero-order valence-electron chi connectivity index (χ0n) is 22.2. The summed E-state index contributed by atoms with van der Waals surface area (Å²) in [4.78, 5) is 43.1. The molecule has 0 aromatic heterocycles.